The average molecular weight is 361 g/mol. The number of urea groups is 1. The summed E-state index contributed by atoms with van der Waals surface area (Å²) < 4.78 is 2.00. The number of imidazole rings is 1. The third-order valence-electron chi connectivity index (χ3n) is 4.18. The highest BCUT2D eigenvalue weighted by Crippen LogP contribution is 2.26. The number of fused-ring (bicyclic) bond motifs is 2. The number of hydrogen-bond donors (Lipinski definition) is 1. The van der Waals surface area contributed by atoms with Crippen molar-refractivity contribution in [1.82, 2.24) is 14.3 Å². The second kappa shape index (κ2) is 6.00. The first kappa shape index (κ1) is 15.3. The zero-order chi connectivity index (χ0) is 16.7. The zero-order valence-corrected chi connectivity index (χ0v) is 14.2. The van der Waals surface area contributed by atoms with E-state index in [2.05, 4.69) is 16.5 Å². The van der Waals surface area contributed by atoms with E-state index < -0.39 is 0 Å². The average Bonchev–Trinajstić information content (AvgIpc) is 3.02. The summed E-state index contributed by atoms with van der Waals surface area (Å²) in [6, 6.07) is 6.93. The van der Waals surface area contributed by atoms with Crippen LogP contribution in [0.1, 0.15) is 11.1 Å². The smallest absolute Gasteiger partial charge is 0.320 e. The third-order valence-corrected chi connectivity index (χ3v) is 4.92. The topological polar surface area (TPSA) is 49.6 Å². The summed E-state index contributed by atoms with van der Waals surface area (Å²) in [6.07, 6.45) is 6.61. The Kier molecular flexibility index (Phi) is 3.82. The zero-order valence-electron chi connectivity index (χ0n) is 12.7. The largest absolute Gasteiger partial charge is 0.322 e. The van der Waals surface area contributed by atoms with Crippen molar-refractivity contribution in [2.24, 2.45) is 0 Å². The molecule has 3 aromatic rings. The van der Waals surface area contributed by atoms with Crippen molar-refractivity contribution in [2.45, 2.75) is 13.0 Å². The molecule has 4 rings (SSSR count). The van der Waals surface area contributed by atoms with Gasteiger partial charge in [-0.15, -0.1) is 0 Å². The van der Waals surface area contributed by atoms with Crippen LogP contribution in [0.4, 0.5) is 10.5 Å². The van der Waals surface area contributed by atoms with Crippen molar-refractivity contribution in [3.05, 3.63) is 64.0 Å². The molecule has 0 saturated heterocycles. The van der Waals surface area contributed by atoms with Crippen LogP contribution < -0.4 is 5.32 Å². The number of pyridine rings is 1. The molecule has 7 heteroatoms. The van der Waals surface area contributed by atoms with E-state index in [-0.39, 0.29) is 6.03 Å². The number of carbonyl (C=O) groups excluding carboxylic acids is 1. The van der Waals surface area contributed by atoms with Crippen LogP contribution in [0.25, 0.3) is 5.65 Å². The van der Waals surface area contributed by atoms with Crippen LogP contribution >= 0.6 is 23.2 Å². The first-order valence-electron chi connectivity index (χ1n) is 7.55. The third kappa shape index (κ3) is 2.81. The molecule has 2 aromatic heterocycles. The number of benzene rings is 1. The van der Waals surface area contributed by atoms with Crippen LogP contribution in [0, 0.1) is 0 Å². The van der Waals surface area contributed by atoms with E-state index in [9.17, 15) is 4.79 Å². The van der Waals surface area contributed by atoms with Gasteiger partial charge in [-0.2, -0.15) is 0 Å². The molecule has 1 aliphatic heterocycles. The Morgan fingerprint density at radius 1 is 1.17 bits per heavy atom. The van der Waals surface area contributed by atoms with Crippen LogP contribution in [-0.4, -0.2) is 26.9 Å². The first-order chi connectivity index (χ1) is 11.6. The Bertz CT molecular complexity index is 937. The molecule has 0 radical (unpaired) electrons. The Morgan fingerprint density at radius 2 is 2.04 bits per heavy atom. The van der Waals surface area contributed by atoms with Crippen molar-refractivity contribution in [3.8, 4) is 0 Å². The standard InChI is InChI=1S/C17H14Cl2N4O/c18-14-2-1-13(8-15(14)19)21-17(24)23-5-3-11-9-22-6-4-20-16(22)7-12(11)10-23/h1-2,4,6-9H,3,5,10H2,(H,21,24). The summed E-state index contributed by atoms with van der Waals surface area (Å²) in [4.78, 5) is 18.6. The number of anilines is 1. The van der Waals surface area contributed by atoms with E-state index >= 15 is 0 Å². The van der Waals surface area contributed by atoms with Gasteiger partial charge >= 0.3 is 6.03 Å². The molecule has 5 nitrogen and oxygen atoms in total. The lowest BCUT2D eigenvalue weighted by Gasteiger charge is -2.29. The quantitative estimate of drug-likeness (QED) is 0.705. The summed E-state index contributed by atoms with van der Waals surface area (Å²) >= 11 is 11.9. The monoisotopic (exact) mass is 360 g/mol. The Hall–Kier alpha value is -2.24. The van der Waals surface area contributed by atoms with Crippen LogP contribution in [0.15, 0.2) is 42.9 Å². The van der Waals surface area contributed by atoms with Gasteiger partial charge in [0.2, 0.25) is 0 Å². The van der Waals surface area contributed by atoms with E-state index in [1.807, 2.05) is 16.7 Å². The van der Waals surface area contributed by atoms with Gasteiger partial charge < -0.3 is 14.6 Å². The fraction of sp³-hybridized carbons (Fsp3) is 0.176. The Morgan fingerprint density at radius 3 is 2.88 bits per heavy atom. The molecule has 3 heterocycles. The van der Waals surface area contributed by atoms with Crippen molar-refractivity contribution in [3.63, 3.8) is 0 Å². The number of nitrogens with zero attached hydrogens (tertiary/aromatic N) is 3. The Balaban J connectivity index is 1.52. The molecule has 122 valence electrons. The number of hydrogen-bond acceptors (Lipinski definition) is 2. The predicted molar refractivity (Wildman–Crippen MR) is 94.8 cm³/mol. The molecule has 1 aliphatic rings. The number of halogens is 2. The minimum Gasteiger partial charge on any atom is -0.320 e. The molecular weight excluding hydrogens is 347 g/mol. The molecule has 0 spiro atoms. The molecule has 2 amide bonds. The van der Waals surface area contributed by atoms with E-state index in [0.717, 1.165) is 17.6 Å². The van der Waals surface area contributed by atoms with Gasteiger partial charge in [-0.25, -0.2) is 9.78 Å². The van der Waals surface area contributed by atoms with Gasteiger partial charge in [0, 0.05) is 37.4 Å². The summed E-state index contributed by atoms with van der Waals surface area (Å²) in [5.74, 6) is 0. The van der Waals surface area contributed by atoms with Crippen LogP contribution in [0.5, 0.6) is 0 Å². The minimum atomic E-state index is -0.151. The van der Waals surface area contributed by atoms with Gasteiger partial charge in [0.1, 0.15) is 5.65 Å². The highest BCUT2D eigenvalue weighted by atomic mass is 35.5. The lowest BCUT2D eigenvalue weighted by molar-refractivity contribution is 0.206. The summed E-state index contributed by atoms with van der Waals surface area (Å²) in [6.45, 7) is 1.23. The van der Waals surface area contributed by atoms with Crippen LogP contribution in [-0.2, 0) is 13.0 Å². The van der Waals surface area contributed by atoms with E-state index in [4.69, 9.17) is 23.2 Å². The van der Waals surface area contributed by atoms with Gasteiger partial charge in [-0.3, -0.25) is 0 Å². The predicted octanol–water partition coefficient (Wildman–Crippen LogP) is 4.23. The lowest BCUT2D eigenvalue weighted by atomic mass is 10.0. The fourth-order valence-electron chi connectivity index (χ4n) is 2.91. The minimum absolute atomic E-state index is 0.151. The van der Waals surface area contributed by atoms with E-state index in [1.165, 1.54) is 5.56 Å². The Labute approximate surface area is 148 Å². The number of aromatic nitrogens is 2. The number of amides is 2. The van der Waals surface area contributed by atoms with Gasteiger partial charge in [-0.1, -0.05) is 23.2 Å². The molecule has 0 aliphatic carbocycles. The number of nitrogens with one attached hydrogen (secondary N) is 1. The first-order valence-corrected chi connectivity index (χ1v) is 8.31. The van der Waals surface area contributed by atoms with Crippen LogP contribution in [0.2, 0.25) is 10.0 Å². The van der Waals surface area contributed by atoms with Crippen LogP contribution in [0.3, 0.4) is 0 Å². The molecular formula is C17H14Cl2N4O. The van der Waals surface area contributed by atoms with E-state index in [0.29, 0.717) is 28.8 Å². The summed E-state index contributed by atoms with van der Waals surface area (Å²) in [5, 5.41) is 3.75. The molecule has 0 saturated carbocycles. The lowest BCUT2D eigenvalue weighted by Crippen LogP contribution is -2.39. The number of carbonyl (C=O) groups is 1. The number of rotatable bonds is 1. The molecule has 1 aromatic carbocycles. The van der Waals surface area contributed by atoms with Crippen molar-refractivity contribution in [2.75, 3.05) is 11.9 Å². The fourth-order valence-corrected chi connectivity index (χ4v) is 3.21. The van der Waals surface area contributed by atoms with Crippen molar-refractivity contribution < 1.29 is 4.79 Å². The van der Waals surface area contributed by atoms with Crippen molar-refractivity contribution in [1.29, 1.82) is 0 Å². The normalized spacial score (nSPS) is 13.8. The maximum Gasteiger partial charge on any atom is 0.322 e. The van der Waals surface area contributed by atoms with E-state index in [1.54, 1.807) is 29.3 Å². The highest BCUT2D eigenvalue weighted by molar-refractivity contribution is 6.42. The molecule has 0 atom stereocenters. The summed E-state index contributed by atoms with van der Waals surface area (Å²) in [5.41, 5.74) is 3.90. The maximum atomic E-state index is 12.5. The molecule has 1 N–H and O–H groups in total. The van der Waals surface area contributed by atoms with Gasteiger partial charge in [0.15, 0.2) is 0 Å². The molecule has 0 bridgehead atoms. The second-order valence-corrected chi connectivity index (χ2v) is 6.56. The second-order valence-electron chi connectivity index (χ2n) is 5.75. The van der Waals surface area contributed by atoms with Gasteiger partial charge in [0.05, 0.1) is 10.0 Å². The maximum absolute atomic E-state index is 12.5. The van der Waals surface area contributed by atoms with Gasteiger partial charge in [-0.05, 0) is 41.8 Å². The molecule has 24 heavy (non-hydrogen) atoms. The highest BCUT2D eigenvalue weighted by Gasteiger charge is 2.21. The molecule has 0 unspecified atom stereocenters. The van der Waals surface area contributed by atoms with Crippen molar-refractivity contribution >= 4 is 40.6 Å². The SMILES string of the molecule is O=C(Nc1ccc(Cl)c(Cl)c1)N1CCc2cn3ccnc3cc2C1. The summed E-state index contributed by atoms with van der Waals surface area (Å²) in [7, 11) is 0. The van der Waals surface area contributed by atoms with Gasteiger partial charge in [0.25, 0.3) is 0 Å². The molecule has 0 fully saturated rings.